The predicted octanol–water partition coefficient (Wildman–Crippen LogP) is 1.59. The Labute approximate surface area is 177 Å². The molecule has 1 aromatic carbocycles. The third-order valence-electron chi connectivity index (χ3n) is 4.55. The molecule has 11 nitrogen and oxygen atoms in total. The molecule has 164 valence electrons. The number of carboxylic acid groups (broad SMARTS) is 1. The predicted molar refractivity (Wildman–Crippen MR) is 113 cm³/mol. The van der Waals surface area contributed by atoms with Crippen LogP contribution in [0.4, 0.5) is 10.6 Å². The second kappa shape index (κ2) is 9.74. The van der Waals surface area contributed by atoms with Crippen LogP contribution in [-0.4, -0.2) is 49.8 Å². The van der Waals surface area contributed by atoms with E-state index in [4.69, 9.17) is 10.8 Å². The number of aromatic amines is 1. The summed E-state index contributed by atoms with van der Waals surface area (Å²) in [5.74, 6) is 0.242. The van der Waals surface area contributed by atoms with Gasteiger partial charge in [0.1, 0.15) is 5.52 Å². The van der Waals surface area contributed by atoms with Gasteiger partial charge < -0.3 is 25.9 Å². The van der Waals surface area contributed by atoms with E-state index in [1.165, 1.54) is 4.57 Å². The Morgan fingerprint density at radius 2 is 2.00 bits per heavy atom. The first kappa shape index (κ1) is 21.8. The monoisotopic (exact) mass is 428 g/mol. The van der Waals surface area contributed by atoms with Crippen molar-refractivity contribution in [1.29, 1.82) is 0 Å². The lowest BCUT2D eigenvalue weighted by Gasteiger charge is -2.06. The number of amides is 1. The van der Waals surface area contributed by atoms with Crippen molar-refractivity contribution < 1.29 is 19.4 Å². The molecular formula is C20H24N6O5. The Bertz CT molecular complexity index is 1120. The number of nitrogens with zero attached hydrogens (tertiary/aromatic N) is 3. The van der Waals surface area contributed by atoms with E-state index in [1.54, 1.807) is 6.92 Å². The molecule has 31 heavy (non-hydrogen) atoms. The number of ether oxygens (including phenoxy) is 1. The zero-order valence-electron chi connectivity index (χ0n) is 17.0. The largest absolute Gasteiger partial charge is 0.505 e. The number of hydrogen-bond acceptors (Lipinski definition) is 7. The first-order valence-corrected chi connectivity index (χ1v) is 9.82. The fourth-order valence-electron chi connectivity index (χ4n) is 2.83. The summed E-state index contributed by atoms with van der Waals surface area (Å²) >= 11 is 0. The van der Waals surface area contributed by atoms with Crippen molar-refractivity contribution in [1.82, 2.24) is 24.8 Å². The molecule has 1 aliphatic rings. The summed E-state index contributed by atoms with van der Waals surface area (Å²) in [5.41, 5.74) is 7.21. The molecule has 0 unspecified atom stereocenters. The first-order valence-electron chi connectivity index (χ1n) is 9.82. The number of carbonyl (C=O) groups is 2. The van der Waals surface area contributed by atoms with Gasteiger partial charge in [0, 0.05) is 6.54 Å². The quantitative estimate of drug-likeness (QED) is 0.430. The summed E-state index contributed by atoms with van der Waals surface area (Å²) in [5, 5.41) is 10.5. The molecule has 1 fully saturated rings. The van der Waals surface area contributed by atoms with Crippen LogP contribution in [0, 0.1) is 5.92 Å². The van der Waals surface area contributed by atoms with Gasteiger partial charge in [-0.2, -0.15) is 0 Å². The Hall–Kier alpha value is -3.89. The number of anilines is 1. The molecule has 2 aromatic heterocycles. The van der Waals surface area contributed by atoms with Crippen molar-refractivity contribution in [3.8, 4) is 0 Å². The van der Waals surface area contributed by atoms with Crippen LogP contribution in [0.5, 0.6) is 0 Å². The molecule has 11 heteroatoms. The summed E-state index contributed by atoms with van der Waals surface area (Å²) in [6, 6.07) is 9.53. The summed E-state index contributed by atoms with van der Waals surface area (Å²) < 4.78 is 5.42. The number of aromatic nitrogens is 4. The van der Waals surface area contributed by atoms with Gasteiger partial charge in [-0.15, -0.1) is 0 Å². The average molecular weight is 428 g/mol. The molecular weight excluding hydrogens is 404 g/mol. The van der Waals surface area contributed by atoms with Crippen molar-refractivity contribution >= 4 is 29.0 Å². The lowest BCUT2D eigenvalue weighted by Crippen LogP contribution is -2.28. The van der Waals surface area contributed by atoms with Gasteiger partial charge in [-0.3, -0.25) is 9.36 Å². The second-order valence-electron chi connectivity index (χ2n) is 6.99. The van der Waals surface area contributed by atoms with Crippen molar-refractivity contribution in [2.75, 3.05) is 18.9 Å². The van der Waals surface area contributed by atoms with Gasteiger partial charge in [0.15, 0.2) is 11.5 Å². The smallest absolute Gasteiger partial charge is 0.450 e. The van der Waals surface area contributed by atoms with Gasteiger partial charge in [-0.25, -0.2) is 19.6 Å². The van der Waals surface area contributed by atoms with Crippen LogP contribution in [0.3, 0.4) is 0 Å². The normalized spacial score (nSPS) is 12.7. The fourth-order valence-corrected chi connectivity index (χ4v) is 2.83. The number of imidazole rings is 1. The van der Waals surface area contributed by atoms with Crippen molar-refractivity contribution in [3.05, 3.63) is 52.2 Å². The van der Waals surface area contributed by atoms with Gasteiger partial charge >= 0.3 is 11.8 Å². The molecule has 5 N–H and O–H groups in total. The molecule has 1 aliphatic carbocycles. The topological polar surface area (TPSA) is 165 Å². The fraction of sp³-hybridized carbons (Fsp3) is 0.350. The first-order chi connectivity index (χ1) is 14.9. The van der Waals surface area contributed by atoms with Crippen LogP contribution in [0.2, 0.25) is 0 Å². The number of nitrogen functional groups attached to an aromatic ring is 1. The molecule has 0 radical (unpaired) electrons. The maximum atomic E-state index is 12.3. The molecule has 0 spiro atoms. The molecule has 1 amide bonds. The van der Waals surface area contributed by atoms with Crippen LogP contribution in [0.25, 0.3) is 11.2 Å². The third-order valence-corrected chi connectivity index (χ3v) is 4.55. The minimum absolute atomic E-state index is 0.0218. The summed E-state index contributed by atoms with van der Waals surface area (Å²) in [4.78, 5) is 44.9. The lowest BCUT2D eigenvalue weighted by atomic mass is 10.2. The number of nitrogens with two attached hydrogens (primary N) is 1. The van der Waals surface area contributed by atoms with E-state index in [2.05, 4.69) is 25.0 Å². The average Bonchev–Trinajstić information content (AvgIpc) is 3.52. The van der Waals surface area contributed by atoms with Crippen LogP contribution < -0.4 is 16.7 Å². The highest BCUT2D eigenvalue weighted by Gasteiger charge is 2.23. The van der Waals surface area contributed by atoms with Gasteiger partial charge in [-0.1, -0.05) is 30.3 Å². The SMILES string of the molecule is CCOC(=O)O.Nc1nc(C(=O)NCC2CC2)nc2c1[nH]c(=O)n2Cc1ccccc1. The van der Waals surface area contributed by atoms with Crippen molar-refractivity contribution in [2.45, 2.75) is 26.3 Å². The maximum Gasteiger partial charge on any atom is 0.505 e. The molecule has 0 atom stereocenters. The van der Waals surface area contributed by atoms with E-state index >= 15 is 0 Å². The van der Waals surface area contributed by atoms with Gasteiger partial charge in [0.2, 0.25) is 5.82 Å². The minimum Gasteiger partial charge on any atom is -0.450 e. The zero-order chi connectivity index (χ0) is 22.4. The molecule has 2 heterocycles. The molecule has 0 saturated heterocycles. The summed E-state index contributed by atoms with van der Waals surface area (Å²) in [6.07, 6.45) is 1.06. The number of H-pyrrole nitrogens is 1. The highest BCUT2D eigenvalue weighted by atomic mass is 16.7. The van der Waals surface area contributed by atoms with E-state index in [-0.39, 0.29) is 29.8 Å². The number of carbonyl (C=O) groups excluding carboxylic acids is 1. The molecule has 1 saturated carbocycles. The van der Waals surface area contributed by atoms with E-state index in [1.807, 2.05) is 30.3 Å². The number of hydrogen-bond donors (Lipinski definition) is 4. The molecule has 0 bridgehead atoms. The van der Waals surface area contributed by atoms with Crippen LogP contribution in [0.15, 0.2) is 35.1 Å². The van der Waals surface area contributed by atoms with Gasteiger partial charge in [-0.05, 0) is 31.2 Å². The highest BCUT2D eigenvalue weighted by molar-refractivity contribution is 5.94. The zero-order valence-corrected chi connectivity index (χ0v) is 17.0. The molecule has 0 aliphatic heterocycles. The van der Waals surface area contributed by atoms with E-state index < -0.39 is 6.16 Å². The molecule has 4 rings (SSSR count). The van der Waals surface area contributed by atoms with E-state index in [0.717, 1.165) is 18.4 Å². The van der Waals surface area contributed by atoms with Crippen molar-refractivity contribution in [2.24, 2.45) is 5.92 Å². The minimum atomic E-state index is -1.21. The van der Waals surface area contributed by atoms with Crippen molar-refractivity contribution in [3.63, 3.8) is 0 Å². The van der Waals surface area contributed by atoms with Gasteiger partial charge in [0.05, 0.1) is 13.2 Å². The maximum absolute atomic E-state index is 12.3. The highest BCUT2D eigenvalue weighted by Crippen LogP contribution is 2.27. The van der Waals surface area contributed by atoms with Crippen LogP contribution >= 0.6 is 0 Å². The van der Waals surface area contributed by atoms with E-state index in [0.29, 0.717) is 30.2 Å². The van der Waals surface area contributed by atoms with E-state index in [9.17, 15) is 14.4 Å². The number of benzene rings is 1. The van der Waals surface area contributed by atoms with Crippen LogP contribution in [-0.2, 0) is 11.3 Å². The lowest BCUT2D eigenvalue weighted by molar-refractivity contribution is 0.0938. The Morgan fingerprint density at radius 1 is 1.29 bits per heavy atom. The number of nitrogens with one attached hydrogen (secondary N) is 2. The number of rotatable bonds is 6. The van der Waals surface area contributed by atoms with Gasteiger partial charge in [0.25, 0.3) is 5.91 Å². The summed E-state index contributed by atoms with van der Waals surface area (Å²) in [7, 11) is 0. The molecule has 3 aromatic rings. The Kier molecular flexibility index (Phi) is 6.85. The number of fused-ring (bicyclic) bond motifs is 1. The second-order valence-corrected chi connectivity index (χ2v) is 6.99. The third kappa shape index (κ3) is 5.81. The van der Waals surface area contributed by atoms with Crippen LogP contribution in [0.1, 0.15) is 35.9 Å². The Morgan fingerprint density at radius 3 is 2.58 bits per heavy atom. The Balaban J connectivity index is 0.000000401. The standard InChI is InChI=1S/C17H18N6O2.C3H6O3/c18-13-12-15(22-14(21-13)16(24)19-8-10-6-7-10)23(17(25)20-12)9-11-4-2-1-3-5-11;1-2-6-3(4)5/h1-5,10H,6-9H2,(H,19,24)(H,20,25)(H2,18,21,22);2H2,1H3,(H,4,5). The summed E-state index contributed by atoms with van der Waals surface area (Å²) in [6.45, 7) is 2.80.